The Morgan fingerprint density at radius 2 is 1.49 bits per heavy atom. The van der Waals surface area contributed by atoms with Crippen LogP contribution < -0.4 is 10.6 Å². The number of amides is 2. The number of hydrogen-bond donors (Lipinski definition) is 2. The van der Waals surface area contributed by atoms with Crippen LogP contribution in [0.1, 0.15) is 55.5 Å². The zero-order chi connectivity index (χ0) is 24.6. The van der Waals surface area contributed by atoms with Crippen molar-refractivity contribution in [2.24, 2.45) is 0 Å². The third-order valence-corrected chi connectivity index (χ3v) is 6.59. The summed E-state index contributed by atoms with van der Waals surface area (Å²) in [5, 5.41) is 5.92. The zero-order valence-corrected chi connectivity index (χ0v) is 21.0. The second kappa shape index (κ2) is 12.3. The minimum atomic E-state index is -0.168. The molecule has 2 fully saturated rings. The van der Waals surface area contributed by atoms with Gasteiger partial charge in [-0.15, -0.1) is 0 Å². The fourth-order valence-corrected chi connectivity index (χ4v) is 5.01. The molecule has 0 aliphatic carbocycles. The van der Waals surface area contributed by atoms with Gasteiger partial charge in [0, 0.05) is 36.6 Å². The van der Waals surface area contributed by atoms with E-state index in [1.54, 1.807) is 6.07 Å². The van der Waals surface area contributed by atoms with Gasteiger partial charge in [0.2, 0.25) is 5.91 Å². The van der Waals surface area contributed by atoms with Crippen LogP contribution in [0.3, 0.4) is 0 Å². The highest BCUT2D eigenvalue weighted by Crippen LogP contribution is 2.18. The van der Waals surface area contributed by atoms with E-state index >= 15 is 0 Å². The summed E-state index contributed by atoms with van der Waals surface area (Å²) in [5.74, 6) is -0.187. The third kappa shape index (κ3) is 7.88. The Kier molecular flexibility index (Phi) is 8.90. The summed E-state index contributed by atoms with van der Waals surface area (Å²) in [5.41, 5.74) is 3.12. The highest BCUT2D eigenvalue weighted by atomic mass is 16.5. The number of carbonyl (C=O) groups excluding carboxylic acids is 2. The quantitative estimate of drug-likeness (QED) is 0.619. The first-order valence-electron chi connectivity index (χ1n) is 12.8. The van der Waals surface area contributed by atoms with Crippen LogP contribution >= 0.6 is 0 Å². The van der Waals surface area contributed by atoms with Gasteiger partial charge in [0.25, 0.3) is 5.91 Å². The molecule has 2 aliphatic heterocycles. The third-order valence-electron chi connectivity index (χ3n) is 6.59. The molecule has 0 radical (unpaired) electrons. The molecule has 2 unspecified atom stereocenters. The lowest BCUT2D eigenvalue weighted by Gasteiger charge is -2.35. The van der Waals surface area contributed by atoms with E-state index in [1.165, 1.54) is 18.4 Å². The molecule has 7 heteroatoms. The molecule has 0 saturated carbocycles. The van der Waals surface area contributed by atoms with Crippen molar-refractivity contribution in [3.8, 4) is 0 Å². The number of nitrogens with zero attached hydrogens (tertiary/aromatic N) is 2. The molecule has 2 aliphatic rings. The lowest BCUT2D eigenvalue weighted by molar-refractivity contribution is -0.117. The number of hydrogen-bond acceptors (Lipinski definition) is 5. The first-order valence-corrected chi connectivity index (χ1v) is 12.8. The first kappa shape index (κ1) is 25.4. The second-order valence-electron chi connectivity index (χ2n) is 9.92. The molecule has 0 spiro atoms. The van der Waals surface area contributed by atoms with Crippen LogP contribution in [0.15, 0.2) is 48.5 Å². The largest absolute Gasteiger partial charge is 0.373 e. The molecule has 2 aromatic carbocycles. The summed E-state index contributed by atoms with van der Waals surface area (Å²) in [6.07, 6.45) is 5.27. The van der Waals surface area contributed by atoms with Crippen LogP contribution in [-0.4, -0.2) is 66.5 Å². The van der Waals surface area contributed by atoms with E-state index in [4.69, 9.17) is 4.74 Å². The number of morpholine rings is 1. The van der Waals surface area contributed by atoms with E-state index in [-0.39, 0.29) is 24.0 Å². The van der Waals surface area contributed by atoms with Crippen molar-refractivity contribution in [1.29, 1.82) is 0 Å². The highest BCUT2D eigenvalue weighted by molar-refractivity contribution is 6.04. The Labute approximate surface area is 208 Å². The molecule has 2 heterocycles. The van der Waals surface area contributed by atoms with E-state index in [0.717, 1.165) is 45.6 Å². The van der Waals surface area contributed by atoms with Gasteiger partial charge in [0.05, 0.1) is 18.8 Å². The van der Waals surface area contributed by atoms with Gasteiger partial charge >= 0.3 is 0 Å². The van der Waals surface area contributed by atoms with Gasteiger partial charge in [-0.05, 0) is 75.7 Å². The van der Waals surface area contributed by atoms with Crippen LogP contribution in [-0.2, 0) is 16.1 Å². The molecule has 4 rings (SSSR count). The molecule has 188 valence electrons. The molecule has 35 heavy (non-hydrogen) atoms. The van der Waals surface area contributed by atoms with E-state index in [2.05, 4.69) is 34.3 Å². The van der Waals surface area contributed by atoms with Crippen LogP contribution in [0.4, 0.5) is 11.4 Å². The van der Waals surface area contributed by atoms with Crippen LogP contribution in [0.25, 0.3) is 0 Å². The van der Waals surface area contributed by atoms with Crippen molar-refractivity contribution in [2.75, 3.05) is 43.4 Å². The molecule has 2 saturated heterocycles. The average molecular weight is 479 g/mol. The standard InChI is InChI=1S/C28H38N4O3/c1-21-17-32(18-22(2)35-21)19-23-10-12-24(13-11-23)28(34)30-26-9-7-8-25(16-26)29-27(33)20-31-14-5-3-4-6-15-31/h7-13,16,21-22H,3-6,14-15,17-20H2,1-2H3,(H,29,33)(H,30,34). The maximum atomic E-state index is 12.8. The maximum Gasteiger partial charge on any atom is 0.255 e. The van der Waals surface area contributed by atoms with E-state index < -0.39 is 0 Å². The van der Waals surface area contributed by atoms with Gasteiger partial charge in [-0.3, -0.25) is 19.4 Å². The summed E-state index contributed by atoms with van der Waals surface area (Å²) >= 11 is 0. The van der Waals surface area contributed by atoms with Crippen molar-refractivity contribution in [3.05, 3.63) is 59.7 Å². The van der Waals surface area contributed by atoms with E-state index in [1.807, 2.05) is 42.5 Å². The lowest BCUT2D eigenvalue weighted by atomic mass is 10.1. The van der Waals surface area contributed by atoms with Gasteiger partial charge in [0.15, 0.2) is 0 Å². The van der Waals surface area contributed by atoms with Crippen LogP contribution in [0.5, 0.6) is 0 Å². The molecule has 2 atom stereocenters. The predicted molar refractivity (Wildman–Crippen MR) is 140 cm³/mol. The van der Waals surface area contributed by atoms with Crippen LogP contribution in [0.2, 0.25) is 0 Å². The molecular formula is C28H38N4O3. The highest BCUT2D eigenvalue weighted by Gasteiger charge is 2.22. The summed E-state index contributed by atoms with van der Waals surface area (Å²) < 4.78 is 5.81. The number of anilines is 2. The fraction of sp³-hybridized carbons (Fsp3) is 0.500. The average Bonchev–Trinajstić information content (AvgIpc) is 3.07. The topological polar surface area (TPSA) is 73.9 Å². The van der Waals surface area contributed by atoms with Gasteiger partial charge in [0.1, 0.15) is 0 Å². The number of rotatable bonds is 7. The van der Waals surface area contributed by atoms with Crippen molar-refractivity contribution in [3.63, 3.8) is 0 Å². The monoisotopic (exact) mass is 478 g/mol. The molecule has 2 aromatic rings. The van der Waals surface area contributed by atoms with Gasteiger partial charge in [-0.1, -0.05) is 31.0 Å². The predicted octanol–water partition coefficient (Wildman–Crippen LogP) is 4.36. The Bertz CT molecular complexity index is 976. The first-order chi connectivity index (χ1) is 16.9. The van der Waals surface area contributed by atoms with Crippen molar-refractivity contribution >= 4 is 23.2 Å². The summed E-state index contributed by atoms with van der Waals surface area (Å²) in [6, 6.07) is 15.1. The van der Waals surface area contributed by atoms with Gasteiger partial charge < -0.3 is 15.4 Å². The van der Waals surface area contributed by atoms with Crippen molar-refractivity contribution in [2.45, 2.75) is 58.3 Å². The van der Waals surface area contributed by atoms with Crippen molar-refractivity contribution in [1.82, 2.24) is 9.80 Å². The summed E-state index contributed by atoms with van der Waals surface area (Å²) in [6.45, 7) is 9.25. The Balaban J connectivity index is 1.29. The molecule has 2 N–H and O–H groups in total. The minimum Gasteiger partial charge on any atom is -0.373 e. The molecule has 7 nitrogen and oxygen atoms in total. The van der Waals surface area contributed by atoms with Crippen molar-refractivity contribution < 1.29 is 14.3 Å². The van der Waals surface area contributed by atoms with E-state index in [0.29, 0.717) is 23.5 Å². The molecule has 0 aromatic heterocycles. The minimum absolute atomic E-state index is 0.0185. The summed E-state index contributed by atoms with van der Waals surface area (Å²) in [4.78, 5) is 29.9. The van der Waals surface area contributed by atoms with Crippen LogP contribution in [0, 0.1) is 0 Å². The number of benzene rings is 2. The zero-order valence-electron chi connectivity index (χ0n) is 21.0. The Morgan fingerprint density at radius 3 is 2.14 bits per heavy atom. The molecule has 2 amide bonds. The number of carbonyl (C=O) groups is 2. The number of likely N-dealkylation sites (tertiary alicyclic amines) is 1. The number of ether oxygens (including phenoxy) is 1. The van der Waals surface area contributed by atoms with Gasteiger partial charge in [-0.25, -0.2) is 0 Å². The maximum absolute atomic E-state index is 12.8. The second-order valence-corrected chi connectivity index (χ2v) is 9.92. The Hall–Kier alpha value is -2.74. The SMILES string of the molecule is CC1CN(Cc2ccc(C(=O)Nc3cccc(NC(=O)CN4CCCCCC4)c3)cc2)CC(C)O1. The fourth-order valence-electron chi connectivity index (χ4n) is 5.01. The number of nitrogens with one attached hydrogen (secondary N) is 2. The Morgan fingerprint density at radius 1 is 0.857 bits per heavy atom. The molecular weight excluding hydrogens is 440 g/mol. The normalized spacial score (nSPS) is 21.8. The van der Waals surface area contributed by atoms with E-state index in [9.17, 15) is 9.59 Å². The molecule has 0 bridgehead atoms. The lowest BCUT2D eigenvalue weighted by Crippen LogP contribution is -2.44. The van der Waals surface area contributed by atoms with Gasteiger partial charge in [-0.2, -0.15) is 0 Å². The summed E-state index contributed by atoms with van der Waals surface area (Å²) in [7, 11) is 0. The smallest absolute Gasteiger partial charge is 0.255 e.